The Balaban J connectivity index is -0.000000678. The van der Waals surface area contributed by atoms with Gasteiger partial charge in [-0.3, -0.25) is 4.79 Å². The second-order valence-electron chi connectivity index (χ2n) is 8.45. The highest BCUT2D eigenvalue weighted by Gasteiger charge is 2.22. The lowest BCUT2D eigenvalue weighted by Gasteiger charge is -2.15. The van der Waals surface area contributed by atoms with Gasteiger partial charge in [-0.15, -0.1) is 0 Å². The minimum atomic E-state index is -0.439. The molecule has 0 spiro atoms. The molecule has 0 aromatic carbocycles. The third-order valence-electron chi connectivity index (χ3n) is 2.76. The predicted octanol–water partition coefficient (Wildman–Crippen LogP) is 8.46. The molecule has 0 fully saturated rings. The minimum Gasteiger partial charge on any atom is -0.301 e. The van der Waals surface area contributed by atoms with Crippen LogP contribution < -0.4 is 5.32 Å². The number of aromatic nitrogens is 1. The lowest BCUT2D eigenvalue weighted by Crippen LogP contribution is -2.27. The van der Waals surface area contributed by atoms with Gasteiger partial charge in [0.05, 0.1) is 10.6 Å². The number of carbonyl (C=O) groups excluding carboxylic acids is 1. The number of allylic oxidation sites excluding steroid dienone is 2. The molecule has 1 amide bonds. The van der Waals surface area contributed by atoms with E-state index in [0.29, 0.717) is 10.5 Å². The fraction of sp³-hybridized carbons (Fsp3) is 0.583. The van der Waals surface area contributed by atoms with Gasteiger partial charge in [0, 0.05) is 5.41 Å². The summed E-state index contributed by atoms with van der Waals surface area (Å²) in [6, 6.07) is 0. The quantitative estimate of drug-likeness (QED) is 0.496. The Morgan fingerprint density at radius 1 is 1.11 bits per heavy atom. The topological polar surface area (TPSA) is 42.0 Å². The van der Waals surface area contributed by atoms with E-state index in [4.69, 9.17) is 0 Å². The summed E-state index contributed by atoms with van der Waals surface area (Å²) in [5, 5.41) is 3.45. The van der Waals surface area contributed by atoms with Crippen LogP contribution in [0.5, 0.6) is 0 Å². The molecular weight excluding hydrogens is 364 g/mol. The van der Waals surface area contributed by atoms with Gasteiger partial charge in [0.2, 0.25) is 5.91 Å². The molecule has 0 saturated carbocycles. The van der Waals surface area contributed by atoms with Crippen molar-refractivity contribution >= 4 is 34.5 Å². The fourth-order valence-electron chi connectivity index (χ4n) is 1.41. The molecule has 1 aromatic rings. The summed E-state index contributed by atoms with van der Waals surface area (Å²) < 4.78 is 0. The number of carbonyl (C=O) groups is 1. The Hall–Kier alpha value is -1.68. The molecule has 0 aliphatic carbocycles. The molecule has 3 nitrogen and oxygen atoms in total. The summed E-state index contributed by atoms with van der Waals surface area (Å²) >= 11 is 1.45. The lowest BCUT2D eigenvalue weighted by molar-refractivity contribution is -0.123. The van der Waals surface area contributed by atoms with E-state index in [2.05, 4.69) is 58.1 Å². The van der Waals surface area contributed by atoms with Gasteiger partial charge in [-0.2, -0.15) is 0 Å². The third kappa shape index (κ3) is 14.4. The molecule has 28 heavy (non-hydrogen) atoms. The van der Waals surface area contributed by atoms with Crippen LogP contribution in [0.4, 0.5) is 5.13 Å². The number of hydrogen-bond acceptors (Lipinski definition) is 3. The summed E-state index contributed by atoms with van der Waals surface area (Å²) in [6.07, 6.45) is 6.47. The first-order valence-corrected chi connectivity index (χ1v) is 10.4. The molecule has 0 aliphatic heterocycles. The molecule has 162 valence electrons. The Morgan fingerprint density at radius 3 is 1.89 bits per heavy atom. The van der Waals surface area contributed by atoms with Crippen LogP contribution in [0.3, 0.4) is 0 Å². The molecule has 0 unspecified atom stereocenters. The molecule has 1 rings (SSSR count). The van der Waals surface area contributed by atoms with E-state index in [0.717, 1.165) is 22.6 Å². The fourth-order valence-corrected chi connectivity index (χ4v) is 2.35. The van der Waals surface area contributed by atoms with Crippen molar-refractivity contribution in [3.63, 3.8) is 0 Å². The van der Waals surface area contributed by atoms with Crippen LogP contribution in [0, 0.1) is 10.8 Å². The van der Waals surface area contributed by atoms with E-state index in [1.54, 1.807) is 6.08 Å². The Kier molecular flexibility index (Phi) is 15.9. The smallest absolute Gasteiger partial charge is 0.231 e. The van der Waals surface area contributed by atoms with Crippen molar-refractivity contribution in [3.8, 4) is 0 Å². The van der Waals surface area contributed by atoms with Crippen LogP contribution >= 0.6 is 11.3 Å². The molecule has 0 atom stereocenters. The first kappa shape index (κ1) is 31.0. The summed E-state index contributed by atoms with van der Waals surface area (Å²) in [7, 11) is 0. The lowest BCUT2D eigenvalue weighted by atomic mass is 9.96. The van der Waals surface area contributed by atoms with Gasteiger partial charge in [-0.25, -0.2) is 4.98 Å². The number of nitrogens with one attached hydrogen (secondary N) is 1. The van der Waals surface area contributed by atoms with Gasteiger partial charge in [0.15, 0.2) is 5.13 Å². The summed E-state index contributed by atoms with van der Waals surface area (Å²) in [6.45, 7) is 28.0. The van der Waals surface area contributed by atoms with Crippen LogP contribution in [0.15, 0.2) is 24.8 Å². The Morgan fingerprint density at radius 2 is 1.57 bits per heavy atom. The van der Waals surface area contributed by atoms with Crippen LogP contribution in [-0.2, 0) is 4.79 Å². The van der Waals surface area contributed by atoms with Crippen molar-refractivity contribution in [2.24, 2.45) is 10.8 Å². The molecule has 0 bridgehead atoms. The van der Waals surface area contributed by atoms with Crippen molar-refractivity contribution in [1.29, 1.82) is 0 Å². The Bertz CT molecular complexity index is 620. The zero-order valence-corrected chi connectivity index (χ0v) is 19.9. The van der Waals surface area contributed by atoms with Gasteiger partial charge in [-0.05, 0) is 29.6 Å². The van der Waals surface area contributed by atoms with Crippen molar-refractivity contribution in [2.45, 2.75) is 83.1 Å². The summed E-state index contributed by atoms with van der Waals surface area (Å²) in [4.78, 5) is 17.4. The van der Waals surface area contributed by atoms with E-state index in [1.165, 1.54) is 11.3 Å². The standard InChI is InChI=1S/C16H22N2OS.C5H12.C2H6.CH4/c1-7-11(8-2)10-13-12(9-3)17-15(20-13)18-14(19)16(4,5)6;1-5(2,3)4;1-2;/h7,9-10H,1,3,8H2,2,4-6H3,(H,17,18,19);1-4H3;1-2H3;1H4/b11-10+;;;. The van der Waals surface area contributed by atoms with E-state index in [1.807, 2.05) is 46.8 Å². The third-order valence-corrected chi connectivity index (χ3v) is 3.70. The maximum Gasteiger partial charge on any atom is 0.231 e. The van der Waals surface area contributed by atoms with E-state index >= 15 is 0 Å². The first-order chi connectivity index (χ1) is 12.3. The largest absolute Gasteiger partial charge is 0.301 e. The Labute approximate surface area is 179 Å². The van der Waals surface area contributed by atoms with Crippen molar-refractivity contribution in [3.05, 3.63) is 35.4 Å². The van der Waals surface area contributed by atoms with Crippen LogP contribution in [0.2, 0.25) is 0 Å². The maximum absolute atomic E-state index is 12.0. The number of nitrogens with zero attached hydrogens (tertiary/aromatic N) is 1. The zero-order valence-electron chi connectivity index (χ0n) is 19.1. The first-order valence-electron chi connectivity index (χ1n) is 9.59. The number of hydrogen-bond donors (Lipinski definition) is 1. The van der Waals surface area contributed by atoms with E-state index in [-0.39, 0.29) is 13.3 Å². The second-order valence-corrected chi connectivity index (χ2v) is 9.48. The number of rotatable bonds is 5. The molecular formula is C24H44N2OS. The molecule has 0 aliphatic rings. The molecule has 0 saturated heterocycles. The molecule has 1 N–H and O–H groups in total. The van der Waals surface area contributed by atoms with Crippen LogP contribution in [0.25, 0.3) is 12.2 Å². The van der Waals surface area contributed by atoms with Gasteiger partial charge >= 0.3 is 0 Å². The van der Waals surface area contributed by atoms with Gasteiger partial charge in [0.25, 0.3) is 0 Å². The second kappa shape index (κ2) is 14.3. The molecule has 0 radical (unpaired) electrons. The van der Waals surface area contributed by atoms with Gasteiger partial charge in [-0.1, -0.05) is 107 Å². The highest BCUT2D eigenvalue weighted by atomic mass is 32.1. The molecule has 1 aromatic heterocycles. The SMILES string of the molecule is C.C=C/C(=C\c1sc(NC(=O)C(C)(C)C)nc1C=C)CC.CC.CC(C)(C)C. The summed E-state index contributed by atoms with van der Waals surface area (Å²) in [5.74, 6) is -0.0446. The normalized spacial score (nSPS) is 11.0. The molecule has 1 heterocycles. The van der Waals surface area contributed by atoms with Crippen molar-refractivity contribution < 1.29 is 4.79 Å². The van der Waals surface area contributed by atoms with Crippen LogP contribution in [0.1, 0.15) is 93.7 Å². The molecule has 4 heteroatoms. The average molecular weight is 409 g/mol. The zero-order chi connectivity index (χ0) is 21.8. The van der Waals surface area contributed by atoms with Crippen molar-refractivity contribution in [2.75, 3.05) is 5.32 Å². The number of anilines is 1. The number of amides is 1. The highest BCUT2D eigenvalue weighted by Crippen LogP contribution is 2.28. The predicted molar refractivity (Wildman–Crippen MR) is 132 cm³/mol. The highest BCUT2D eigenvalue weighted by molar-refractivity contribution is 7.16. The van der Waals surface area contributed by atoms with Gasteiger partial charge < -0.3 is 5.32 Å². The van der Waals surface area contributed by atoms with Gasteiger partial charge in [0.1, 0.15) is 0 Å². The van der Waals surface area contributed by atoms with Crippen LogP contribution in [-0.4, -0.2) is 10.9 Å². The van der Waals surface area contributed by atoms with E-state index in [9.17, 15) is 4.79 Å². The monoisotopic (exact) mass is 408 g/mol. The number of thiazole rings is 1. The maximum atomic E-state index is 12.0. The minimum absolute atomic E-state index is 0. The summed E-state index contributed by atoms with van der Waals surface area (Å²) in [5.41, 5.74) is 1.98. The van der Waals surface area contributed by atoms with Crippen molar-refractivity contribution in [1.82, 2.24) is 4.98 Å². The average Bonchev–Trinajstić information content (AvgIpc) is 2.93. The van der Waals surface area contributed by atoms with E-state index < -0.39 is 5.41 Å².